The van der Waals surface area contributed by atoms with E-state index in [1.165, 1.54) is 32.5 Å². The number of rotatable bonds is 2. The highest BCUT2D eigenvalue weighted by atomic mass is 15.3. The third kappa shape index (κ3) is 2.10. The summed E-state index contributed by atoms with van der Waals surface area (Å²) >= 11 is 0. The Hall–Kier alpha value is -0.120. The fourth-order valence-electron chi connectivity index (χ4n) is 2.87. The third-order valence-corrected chi connectivity index (χ3v) is 3.59. The average molecular weight is 197 g/mol. The Morgan fingerprint density at radius 2 is 2.21 bits per heavy atom. The summed E-state index contributed by atoms with van der Waals surface area (Å²) in [6.07, 6.45) is 2.78. The molecule has 82 valence electrons. The van der Waals surface area contributed by atoms with Gasteiger partial charge in [0.05, 0.1) is 0 Å². The molecule has 0 radical (unpaired) electrons. The first kappa shape index (κ1) is 10.4. The van der Waals surface area contributed by atoms with Crippen molar-refractivity contribution in [2.45, 2.75) is 44.8 Å². The van der Waals surface area contributed by atoms with E-state index in [-0.39, 0.29) is 0 Å². The van der Waals surface area contributed by atoms with Crippen LogP contribution in [0.4, 0.5) is 0 Å². The Labute approximate surface area is 87.2 Å². The molecule has 0 aromatic heterocycles. The Bertz CT molecular complexity index is 193. The molecule has 2 heterocycles. The zero-order chi connectivity index (χ0) is 10.1. The topological polar surface area (TPSA) is 32.5 Å². The molecule has 2 N–H and O–H groups in total. The van der Waals surface area contributed by atoms with Gasteiger partial charge in [-0.2, -0.15) is 0 Å². The van der Waals surface area contributed by atoms with E-state index in [9.17, 15) is 0 Å². The molecule has 0 amide bonds. The van der Waals surface area contributed by atoms with E-state index in [0.717, 1.165) is 12.6 Å². The largest absolute Gasteiger partial charge is 0.327 e. The number of hydrogen-bond donors (Lipinski definition) is 1. The quantitative estimate of drug-likeness (QED) is 0.700. The summed E-state index contributed by atoms with van der Waals surface area (Å²) in [7, 11) is 0. The van der Waals surface area contributed by atoms with Crippen molar-refractivity contribution in [2.75, 3.05) is 26.2 Å². The lowest BCUT2D eigenvalue weighted by atomic mass is 10.1. The van der Waals surface area contributed by atoms with Crippen molar-refractivity contribution in [3.8, 4) is 0 Å². The molecule has 0 aliphatic carbocycles. The first-order valence-electron chi connectivity index (χ1n) is 5.90. The maximum atomic E-state index is 5.87. The van der Waals surface area contributed by atoms with Crippen molar-refractivity contribution in [1.29, 1.82) is 0 Å². The smallest absolute Gasteiger partial charge is 0.0224 e. The minimum atomic E-state index is 0.311. The highest BCUT2D eigenvalue weighted by molar-refractivity contribution is 4.91. The van der Waals surface area contributed by atoms with E-state index in [1.807, 2.05) is 0 Å². The van der Waals surface area contributed by atoms with Gasteiger partial charge in [0.15, 0.2) is 0 Å². The van der Waals surface area contributed by atoms with Gasteiger partial charge in [-0.15, -0.1) is 0 Å². The van der Waals surface area contributed by atoms with Crippen LogP contribution in [0.1, 0.15) is 26.7 Å². The standard InChI is InChI=1S/C11H23N3/c1-9(12)6-14-8-11-4-3-5-13(11)7-10(14)2/h9-11H,3-8,12H2,1-2H3/t9-,10?,11?/m0/s1. The van der Waals surface area contributed by atoms with E-state index in [2.05, 4.69) is 23.6 Å². The molecule has 0 saturated carbocycles. The van der Waals surface area contributed by atoms with Gasteiger partial charge >= 0.3 is 0 Å². The highest BCUT2D eigenvalue weighted by Crippen LogP contribution is 2.24. The predicted molar refractivity (Wildman–Crippen MR) is 59.3 cm³/mol. The number of piperazine rings is 1. The van der Waals surface area contributed by atoms with Crippen LogP contribution in [0.2, 0.25) is 0 Å². The maximum absolute atomic E-state index is 5.87. The van der Waals surface area contributed by atoms with Gasteiger partial charge in [0.2, 0.25) is 0 Å². The second-order valence-electron chi connectivity index (χ2n) is 5.07. The molecular formula is C11H23N3. The summed E-state index contributed by atoms with van der Waals surface area (Å²) in [5.41, 5.74) is 5.87. The molecule has 2 saturated heterocycles. The van der Waals surface area contributed by atoms with Crippen LogP contribution in [-0.2, 0) is 0 Å². The van der Waals surface area contributed by atoms with E-state index in [4.69, 9.17) is 5.73 Å². The molecular weight excluding hydrogens is 174 g/mol. The summed E-state index contributed by atoms with van der Waals surface area (Å²) in [4.78, 5) is 5.22. The second-order valence-corrected chi connectivity index (χ2v) is 5.07. The zero-order valence-electron chi connectivity index (χ0n) is 9.45. The summed E-state index contributed by atoms with van der Waals surface area (Å²) in [5, 5.41) is 0. The summed E-state index contributed by atoms with van der Waals surface area (Å²) in [6, 6.07) is 1.82. The molecule has 0 aromatic rings. The van der Waals surface area contributed by atoms with Crippen LogP contribution in [0, 0.1) is 0 Å². The molecule has 0 bridgehead atoms. The Balaban J connectivity index is 1.92. The van der Waals surface area contributed by atoms with Crippen molar-refractivity contribution >= 4 is 0 Å². The molecule has 14 heavy (non-hydrogen) atoms. The van der Waals surface area contributed by atoms with Gasteiger partial charge in [-0.05, 0) is 33.2 Å². The highest BCUT2D eigenvalue weighted by Gasteiger charge is 2.34. The Kier molecular flexibility index (Phi) is 3.10. The first-order chi connectivity index (χ1) is 6.66. The third-order valence-electron chi connectivity index (χ3n) is 3.59. The van der Waals surface area contributed by atoms with E-state index < -0.39 is 0 Å². The monoisotopic (exact) mass is 197 g/mol. The normalized spacial score (nSPS) is 37.1. The van der Waals surface area contributed by atoms with Crippen LogP contribution in [0.15, 0.2) is 0 Å². The van der Waals surface area contributed by atoms with Crippen molar-refractivity contribution < 1.29 is 0 Å². The minimum absolute atomic E-state index is 0.311. The van der Waals surface area contributed by atoms with Crippen LogP contribution in [0.25, 0.3) is 0 Å². The Morgan fingerprint density at radius 3 is 2.93 bits per heavy atom. The lowest BCUT2D eigenvalue weighted by Gasteiger charge is -2.42. The van der Waals surface area contributed by atoms with Crippen LogP contribution in [0.3, 0.4) is 0 Å². The van der Waals surface area contributed by atoms with Crippen molar-refractivity contribution in [1.82, 2.24) is 9.80 Å². The van der Waals surface area contributed by atoms with Gasteiger partial charge in [0.25, 0.3) is 0 Å². The summed E-state index contributed by atoms with van der Waals surface area (Å²) in [5.74, 6) is 0. The summed E-state index contributed by atoms with van der Waals surface area (Å²) in [6.45, 7) is 9.30. The molecule has 2 rings (SSSR count). The van der Waals surface area contributed by atoms with E-state index >= 15 is 0 Å². The van der Waals surface area contributed by atoms with Gasteiger partial charge in [0, 0.05) is 37.8 Å². The van der Waals surface area contributed by atoms with Gasteiger partial charge in [-0.1, -0.05) is 0 Å². The predicted octanol–water partition coefficient (Wildman–Crippen LogP) is 0.502. The number of fused-ring (bicyclic) bond motifs is 1. The van der Waals surface area contributed by atoms with Crippen LogP contribution in [0.5, 0.6) is 0 Å². The van der Waals surface area contributed by atoms with Crippen LogP contribution in [-0.4, -0.2) is 54.1 Å². The van der Waals surface area contributed by atoms with E-state index in [0.29, 0.717) is 12.1 Å². The molecule has 2 aliphatic rings. The van der Waals surface area contributed by atoms with Gasteiger partial charge in [-0.25, -0.2) is 0 Å². The molecule has 2 unspecified atom stereocenters. The first-order valence-corrected chi connectivity index (χ1v) is 5.90. The lowest BCUT2D eigenvalue weighted by molar-refractivity contribution is 0.0566. The SMILES string of the molecule is CC1CN2CCCC2CN1C[C@H](C)N. The fraction of sp³-hybridized carbons (Fsp3) is 1.00. The van der Waals surface area contributed by atoms with Gasteiger partial charge in [-0.3, -0.25) is 9.80 Å². The second kappa shape index (κ2) is 4.17. The number of nitrogens with two attached hydrogens (primary N) is 1. The molecule has 2 fully saturated rings. The fourth-order valence-corrected chi connectivity index (χ4v) is 2.87. The van der Waals surface area contributed by atoms with Gasteiger partial charge < -0.3 is 5.73 Å². The number of hydrogen-bond acceptors (Lipinski definition) is 3. The number of nitrogens with zero attached hydrogens (tertiary/aromatic N) is 2. The maximum Gasteiger partial charge on any atom is 0.0224 e. The molecule has 3 heteroatoms. The molecule has 2 aliphatic heterocycles. The average Bonchev–Trinajstić information content (AvgIpc) is 2.51. The van der Waals surface area contributed by atoms with Crippen LogP contribution >= 0.6 is 0 Å². The lowest BCUT2D eigenvalue weighted by Crippen LogP contribution is -2.56. The Morgan fingerprint density at radius 1 is 1.43 bits per heavy atom. The summed E-state index contributed by atoms with van der Waals surface area (Å²) < 4.78 is 0. The molecule has 0 aromatic carbocycles. The van der Waals surface area contributed by atoms with E-state index in [1.54, 1.807) is 0 Å². The zero-order valence-corrected chi connectivity index (χ0v) is 9.45. The van der Waals surface area contributed by atoms with Gasteiger partial charge in [0.1, 0.15) is 0 Å². The van der Waals surface area contributed by atoms with Crippen molar-refractivity contribution in [2.24, 2.45) is 5.73 Å². The molecule has 0 spiro atoms. The van der Waals surface area contributed by atoms with Crippen molar-refractivity contribution in [3.63, 3.8) is 0 Å². The van der Waals surface area contributed by atoms with Crippen molar-refractivity contribution in [3.05, 3.63) is 0 Å². The molecule has 3 nitrogen and oxygen atoms in total. The van der Waals surface area contributed by atoms with Crippen LogP contribution < -0.4 is 5.73 Å². The minimum Gasteiger partial charge on any atom is -0.327 e. The molecule has 3 atom stereocenters.